The molecule has 1 aliphatic carbocycles. The Bertz CT molecular complexity index is 471. The third-order valence-electron chi connectivity index (χ3n) is 3.63. The molecule has 0 heterocycles. The number of hydrogen-bond acceptors (Lipinski definition) is 1. The number of carbonyl (C=O) groups is 1. The quantitative estimate of drug-likeness (QED) is 0.755. The van der Waals surface area contributed by atoms with Gasteiger partial charge in [0.2, 0.25) is 5.91 Å². The molecular formula is C15H17ClFNO. The summed E-state index contributed by atoms with van der Waals surface area (Å²) in [7, 11) is 0. The summed E-state index contributed by atoms with van der Waals surface area (Å²) in [4.78, 5) is 13.7. The minimum Gasteiger partial charge on any atom is -0.332 e. The topological polar surface area (TPSA) is 20.3 Å². The van der Waals surface area contributed by atoms with Crippen molar-refractivity contribution in [3.05, 3.63) is 47.5 Å². The SMILES string of the molecule is C=CC(=O)N(Cc1ccccc1Cl)C1CC(CF)C1. The zero-order valence-corrected chi connectivity index (χ0v) is 11.4. The van der Waals surface area contributed by atoms with E-state index in [2.05, 4.69) is 6.58 Å². The lowest BCUT2D eigenvalue weighted by Crippen LogP contribution is -2.47. The van der Waals surface area contributed by atoms with Gasteiger partial charge in [0, 0.05) is 17.6 Å². The lowest BCUT2D eigenvalue weighted by Gasteiger charge is -2.41. The molecule has 4 heteroatoms. The van der Waals surface area contributed by atoms with E-state index in [-0.39, 0.29) is 24.5 Å². The van der Waals surface area contributed by atoms with Crippen molar-refractivity contribution >= 4 is 17.5 Å². The molecule has 0 radical (unpaired) electrons. The molecule has 0 saturated heterocycles. The van der Waals surface area contributed by atoms with E-state index < -0.39 is 0 Å². The molecule has 0 atom stereocenters. The summed E-state index contributed by atoms with van der Waals surface area (Å²) in [6.45, 7) is 3.67. The molecule has 0 spiro atoms. The van der Waals surface area contributed by atoms with Crippen molar-refractivity contribution in [2.45, 2.75) is 25.4 Å². The Balaban J connectivity index is 2.09. The van der Waals surface area contributed by atoms with Crippen LogP contribution in [0.5, 0.6) is 0 Å². The first-order chi connectivity index (χ1) is 9.15. The molecule has 1 amide bonds. The van der Waals surface area contributed by atoms with Gasteiger partial charge < -0.3 is 4.90 Å². The standard InChI is InChI=1S/C15H17ClFNO/c1-2-15(19)18(13-7-11(8-13)9-17)10-12-5-3-4-6-14(12)16/h2-6,11,13H,1,7-10H2. The van der Waals surface area contributed by atoms with Crippen molar-refractivity contribution in [1.82, 2.24) is 4.90 Å². The minimum absolute atomic E-state index is 0.0939. The third-order valence-corrected chi connectivity index (χ3v) is 3.99. The lowest BCUT2D eigenvalue weighted by molar-refractivity contribution is -0.132. The number of rotatable bonds is 5. The molecule has 102 valence electrons. The second-order valence-electron chi connectivity index (χ2n) is 4.91. The van der Waals surface area contributed by atoms with Crippen LogP contribution < -0.4 is 0 Å². The highest BCUT2D eigenvalue weighted by molar-refractivity contribution is 6.31. The van der Waals surface area contributed by atoms with Crippen LogP contribution in [0.25, 0.3) is 0 Å². The van der Waals surface area contributed by atoms with Crippen molar-refractivity contribution < 1.29 is 9.18 Å². The van der Waals surface area contributed by atoms with Crippen molar-refractivity contribution in [3.63, 3.8) is 0 Å². The van der Waals surface area contributed by atoms with Gasteiger partial charge in [-0.2, -0.15) is 0 Å². The smallest absolute Gasteiger partial charge is 0.246 e. The summed E-state index contributed by atoms with van der Waals surface area (Å²) in [5.74, 6) is -0.0291. The van der Waals surface area contributed by atoms with E-state index in [4.69, 9.17) is 11.6 Å². The van der Waals surface area contributed by atoms with E-state index in [1.54, 1.807) is 11.0 Å². The predicted molar refractivity (Wildman–Crippen MR) is 74.7 cm³/mol. The fourth-order valence-electron chi connectivity index (χ4n) is 2.40. The number of benzene rings is 1. The highest BCUT2D eigenvalue weighted by Gasteiger charge is 2.35. The molecule has 1 aromatic rings. The molecule has 0 aromatic heterocycles. The van der Waals surface area contributed by atoms with Gasteiger partial charge in [-0.05, 0) is 36.5 Å². The number of alkyl halides is 1. The first-order valence-corrected chi connectivity index (χ1v) is 6.76. The Morgan fingerprint density at radius 2 is 2.16 bits per heavy atom. The van der Waals surface area contributed by atoms with E-state index in [1.807, 2.05) is 18.2 Å². The van der Waals surface area contributed by atoms with Gasteiger partial charge in [-0.15, -0.1) is 0 Å². The zero-order valence-electron chi connectivity index (χ0n) is 10.7. The number of carbonyl (C=O) groups excluding carboxylic acids is 1. The summed E-state index contributed by atoms with van der Waals surface area (Å²) in [5.41, 5.74) is 0.906. The van der Waals surface area contributed by atoms with Crippen LogP contribution >= 0.6 is 11.6 Å². The molecule has 1 aromatic carbocycles. The molecule has 19 heavy (non-hydrogen) atoms. The average Bonchev–Trinajstić information content (AvgIpc) is 2.37. The summed E-state index contributed by atoms with van der Waals surface area (Å²) in [6, 6.07) is 7.55. The second-order valence-corrected chi connectivity index (χ2v) is 5.31. The van der Waals surface area contributed by atoms with E-state index in [9.17, 15) is 9.18 Å². The van der Waals surface area contributed by atoms with E-state index in [0.717, 1.165) is 18.4 Å². The summed E-state index contributed by atoms with van der Waals surface area (Å²) in [6.07, 6.45) is 2.75. The third kappa shape index (κ3) is 3.16. The Labute approximate surface area is 117 Å². The summed E-state index contributed by atoms with van der Waals surface area (Å²) < 4.78 is 12.5. The maximum Gasteiger partial charge on any atom is 0.246 e. The van der Waals surface area contributed by atoms with Gasteiger partial charge in [-0.3, -0.25) is 9.18 Å². The molecule has 2 rings (SSSR count). The Morgan fingerprint density at radius 3 is 2.74 bits per heavy atom. The second kappa shape index (κ2) is 6.20. The monoisotopic (exact) mass is 281 g/mol. The zero-order chi connectivity index (χ0) is 13.8. The van der Waals surface area contributed by atoms with Gasteiger partial charge in [-0.25, -0.2) is 0 Å². The maximum absolute atomic E-state index is 12.5. The molecule has 1 aliphatic rings. The van der Waals surface area contributed by atoms with E-state index in [1.165, 1.54) is 6.08 Å². The largest absolute Gasteiger partial charge is 0.332 e. The van der Waals surface area contributed by atoms with Crippen LogP contribution in [0.2, 0.25) is 5.02 Å². The first kappa shape index (κ1) is 14.1. The first-order valence-electron chi connectivity index (χ1n) is 6.38. The fourth-order valence-corrected chi connectivity index (χ4v) is 2.59. The number of halogens is 2. The summed E-state index contributed by atoms with van der Waals surface area (Å²) >= 11 is 6.11. The normalized spacial score (nSPS) is 21.6. The van der Waals surface area contributed by atoms with Gasteiger partial charge in [0.15, 0.2) is 0 Å². The molecule has 0 bridgehead atoms. The predicted octanol–water partition coefficient (Wildman–Crippen LogP) is 3.60. The molecular weight excluding hydrogens is 265 g/mol. The molecule has 2 nitrogen and oxygen atoms in total. The van der Waals surface area contributed by atoms with Crippen molar-refractivity contribution in [3.8, 4) is 0 Å². The van der Waals surface area contributed by atoms with Crippen molar-refractivity contribution in [2.75, 3.05) is 6.67 Å². The molecule has 1 saturated carbocycles. The molecule has 0 unspecified atom stereocenters. The maximum atomic E-state index is 12.5. The van der Waals surface area contributed by atoms with Gasteiger partial charge in [0.25, 0.3) is 0 Å². The van der Waals surface area contributed by atoms with Crippen molar-refractivity contribution in [1.29, 1.82) is 0 Å². The molecule has 1 fully saturated rings. The van der Waals surface area contributed by atoms with Crippen LogP contribution in [0.4, 0.5) is 4.39 Å². The fraction of sp³-hybridized carbons (Fsp3) is 0.400. The lowest BCUT2D eigenvalue weighted by atomic mass is 9.80. The highest BCUT2D eigenvalue weighted by atomic mass is 35.5. The number of amides is 1. The average molecular weight is 282 g/mol. The van der Waals surface area contributed by atoms with Gasteiger partial charge in [-0.1, -0.05) is 36.4 Å². The minimum atomic E-state index is -0.307. The molecule has 0 N–H and O–H groups in total. The highest BCUT2D eigenvalue weighted by Crippen LogP contribution is 2.33. The Hall–Kier alpha value is -1.35. The van der Waals surface area contributed by atoms with Crippen LogP contribution in [-0.4, -0.2) is 23.5 Å². The van der Waals surface area contributed by atoms with Crippen LogP contribution in [0.1, 0.15) is 18.4 Å². The molecule has 0 aliphatic heterocycles. The summed E-state index contributed by atoms with van der Waals surface area (Å²) in [5, 5.41) is 0.644. The van der Waals surface area contributed by atoms with Crippen LogP contribution in [0.15, 0.2) is 36.9 Å². The van der Waals surface area contributed by atoms with Crippen molar-refractivity contribution in [2.24, 2.45) is 5.92 Å². The Kier molecular flexibility index (Phi) is 4.59. The van der Waals surface area contributed by atoms with E-state index in [0.29, 0.717) is 11.6 Å². The van der Waals surface area contributed by atoms with Crippen LogP contribution in [-0.2, 0) is 11.3 Å². The Morgan fingerprint density at radius 1 is 1.47 bits per heavy atom. The van der Waals surface area contributed by atoms with Gasteiger partial charge in [0.05, 0.1) is 6.67 Å². The van der Waals surface area contributed by atoms with Crippen LogP contribution in [0, 0.1) is 5.92 Å². The number of nitrogens with zero attached hydrogens (tertiary/aromatic N) is 1. The number of hydrogen-bond donors (Lipinski definition) is 0. The van der Waals surface area contributed by atoms with Gasteiger partial charge in [0.1, 0.15) is 0 Å². The van der Waals surface area contributed by atoms with E-state index >= 15 is 0 Å². The van der Waals surface area contributed by atoms with Crippen LogP contribution in [0.3, 0.4) is 0 Å². The van der Waals surface area contributed by atoms with Gasteiger partial charge >= 0.3 is 0 Å².